The van der Waals surface area contributed by atoms with Gasteiger partial charge in [0.15, 0.2) is 5.03 Å². The molecule has 6 nitrogen and oxygen atoms in total. The zero-order valence-corrected chi connectivity index (χ0v) is 10.9. The summed E-state index contributed by atoms with van der Waals surface area (Å²) >= 11 is 0. The number of sulfonamides is 1. The Labute approximate surface area is 106 Å². The number of rotatable bonds is 5. The van der Waals surface area contributed by atoms with Crippen molar-refractivity contribution in [3.8, 4) is 0 Å². The van der Waals surface area contributed by atoms with Crippen LogP contribution in [0.25, 0.3) is 0 Å². The number of carbonyl (C=O) groups is 1. The third-order valence-electron chi connectivity index (χ3n) is 2.15. The number of hydrogen-bond acceptors (Lipinski definition) is 4. The van der Waals surface area contributed by atoms with Gasteiger partial charge in [-0.3, -0.25) is 0 Å². The maximum atomic E-state index is 12.0. The lowest BCUT2D eigenvalue weighted by Gasteiger charge is -2.16. The van der Waals surface area contributed by atoms with Gasteiger partial charge in [0.2, 0.25) is 0 Å². The molecule has 1 aromatic heterocycles. The molecule has 0 atom stereocenters. The minimum Gasteiger partial charge on any atom is -0.478 e. The smallest absolute Gasteiger partial charge is 0.337 e. The molecule has 0 aliphatic heterocycles. The van der Waals surface area contributed by atoms with Gasteiger partial charge in [-0.05, 0) is 19.1 Å². The van der Waals surface area contributed by atoms with E-state index in [0.29, 0.717) is 5.57 Å². The molecule has 0 aromatic carbocycles. The van der Waals surface area contributed by atoms with E-state index < -0.39 is 16.0 Å². The van der Waals surface area contributed by atoms with Gasteiger partial charge in [0.25, 0.3) is 10.0 Å². The normalized spacial score (nSPS) is 11.5. The molecular weight excluding hydrogens is 256 g/mol. The Hall–Kier alpha value is -1.73. The van der Waals surface area contributed by atoms with Crippen molar-refractivity contribution in [1.82, 2.24) is 9.29 Å². The summed E-state index contributed by atoms with van der Waals surface area (Å²) in [5.74, 6) is -1.15. The second-order valence-corrected chi connectivity index (χ2v) is 5.90. The number of pyridine rings is 1. The van der Waals surface area contributed by atoms with Crippen molar-refractivity contribution in [2.75, 3.05) is 13.6 Å². The van der Waals surface area contributed by atoms with Crippen molar-refractivity contribution in [1.29, 1.82) is 0 Å². The number of aromatic nitrogens is 1. The van der Waals surface area contributed by atoms with Crippen molar-refractivity contribution in [2.45, 2.75) is 11.9 Å². The van der Waals surface area contributed by atoms with Gasteiger partial charge in [-0.25, -0.2) is 18.2 Å². The predicted molar refractivity (Wildman–Crippen MR) is 65.8 cm³/mol. The number of hydrogen-bond donors (Lipinski definition) is 1. The Bertz CT molecular complexity index is 563. The lowest BCUT2D eigenvalue weighted by atomic mass is 10.3. The fourth-order valence-electron chi connectivity index (χ4n) is 1.28. The lowest BCUT2D eigenvalue weighted by Crippen LogP contribution is -2.29. The van der Waals surface area contributed by atoms with Crippen LogP contribution in [-0.4, -0.2) is 42.4 Å². The van der Waals surface area contributed by atoms with Crippen LogP contribution in [0, 0.1) is 0 Å². The first-order valence-corrected chi connectivity index (χ1v) is 6.49. The summed E-state index contributed by atoms with van der Waals surface area (Å²) in [7, 11) is -2.29. The molecule has 18 heavy (non-hydrogen) atoms. The number of carboxylic acids is 1. The molecule has 1 aromatic rings. The highest BCUT2D eigenvalue weighted by Crippen LogP contribution is 2.13. The maximum Gasteiger partial charge on any atom is 0.337 e. The third-order valence-corrected chi connectivity index (χ3v) is 3.87. The highest BCUT2D eigenvalue weighted by molar-refractivity contribution is 7.89. The molecule has 0 unspecified atom stereocenters. The Kier molecular flexibility index (Phi) is 4.20. The summed E-state index contributed by atoms with van der Waals surface area (Å²) in [6.45, 7) is 5.54. The van der Waals surface area contributed by atoms with E-state index in [0.717, 1.165) is 10.5 Å². The second-order valence-electron chi connectivity index (χ2n) is 3.91. The molecule has 0 fully saturated rings. The van der Waals surface area contributed by atoms with Crippen LogP contribution in [0.4, 0.5) is 0 Å². The van der Waals surface area contributed by atoms with Crippen molar-refractivity contribution in [3.63, 3.8) is 0 Å². The van der Waals surface area contributed by atoms with Crippen LogP contribution in [0.2, 0.25) is 0 Å². The minimum atomic E-state index is -3.71. The van der Waals surface area contributed by atoms with Crippen molar-refractivity contribution < 1.29 is 18.3 Å². The van der Waals surface area contributed by atoms with Crippen LogP contribution in [0.3, 0.4) is 0 Å². The van der Waals surface area contributed by atoms with E-state index in [1.165, 1.54) is 19.2 Å². The summed E-state index contributed by atoms with van der Waals surface area (Å²) in [5.41, 5.74) is 0.639. The molecule has 0 saturated heterocycles. The monoisotopic (exact) mass is 270 g/mol. The second kappa shape index (κ2) is 5.28. The Balaban J connectivity index is 3.05. The van der Waals surface area contributed by atoms with E-state index in [1.807, 2.05) is 0 Å². The van der Waals surface area contributed by atoms with Crippen molar-refractivity contribution in [3.05, 3.63) is 36.0 Å². The van der Waals surface area contributed by atoms with E-state index in [4.69, 9.17) is 5.11 Å². The Morgan fingerprint density at radius 2 is 2.11 bits per heavy atom. The van der Waals surface area contributed by atoms with E-state index in [9.17, 15) is 13.2 Å². The molecule has 0 radical (unpaired) electrons. The number of likely N-dealkylation sites (N-methyl/N-ethyl adjacent to an activating group) is 1. The molecule has 1 rings (SSSR count). The average molecular weight is 270 g/mol. The zero-order valence-electron chi connectivity index (χ0n) is 10.1. The van der Waals surface area contributed by atoms with Crippen molar-refractivity contribution in [2.24, 2.45) is 0 Å². The highest BCUT2D eigenvalue weighted by Gasteiger charge is 2.22. The minimum absolute atomic E-state index is 0.0588. The number of aromatic carboxylic acids is 1. The molecule has 0 aliphatic rings. The van der Waals surface area contributed by atoms with E-state index in [-0.39, 0.29) is 17.1 Å². The fraction of sp³-hybridized carbons (Fsp3) is 0.273. The van der Waals surface area contributed by atoms with E-state index in [2.05, 4.69) is 11.6 Å². The van der Waals surface area contributed by atoms with Gasteiger partial charge in [-0.2, -0.15) is 4.31 Å². The van der Waals surface area contributed by atoms with Crippen LogP contribution in [0.1, 0.15) is 17.3 Å². The first-order chi connectivity index (χ1) is 8.25. The fourth-order valence-corrected chi connectivity index (χ4v) is 2.42. The quantitative estimate of drug-likeness (QED) is 0.806. The molecule has 0 amide bonds. The first-order valence-electron chi connectivity index (χ1n) is 5.05. The molecule has 0 saturated carbocycles. The summed E-state index contributed by atoms with van der Waals surface area (Å²) in [6.07, 6.45) is 1.02. The van der Waals surface area contributed by atoms with Crippen LogP contribution < -0.4 is 0 Å². The first kappa shape index (κ1) is 14.3. The van der Waals surface area contributed by atoms with Gasteiger partial charge in [0, 0.05) is 19.8 Å². The van der Waals surface area contributed by atoms with Gasteiger partial charge in [0.1, 0.15) is 0 Å². The molecule has 1 heterocycles. The summed E-state index contributed by atoms with van der Waals surface area (Å²) in [6, 6.07) is 2.38. The topological polar surface area (TPSA) is 87.6 Å². The standard InChI is InChI=1S/C11H14N2O4S/c1-8(2)7-13(3)18(16,17)10-5-4-9(6-12-10)11(14)15/h4-6H,1,7H2,2-3H3,(H,14,15). The van der Waals surface area contributed by atoms with Crippen molar-refractivity contribution >= 4 is 16.0 Å². The van der Waals surface area contributed by atoms with E-state index in [1.54, 1.807) is 6.92 Å². The van der Waals surface area contributed by atoms with Gasteiger partial charge >= 0.3 is 5.97 Å². The third kappa shape index (κ3) is 3.14. The summed E-state index contributed by atoms with van der Waals surface area (Å²) < 4.78 is 25.2. The van der Waals surface area contributed by atoms with Crippen LogP contribution in [0.5, 0.6) is 0 Å². The van der Waals surface area contributed by atoms with Gasteiger partial charge in [-0.15, -0.1) is 0 Å². The zero-order chi connectivity index (χ0) is 13.9. The summed E-state index contributed by atoms with van der Waals surface area (Å²) in [4.78, 5) is 14.3. The SMILES string of the molecule is C=C(C)CN(C)S(=O)(=O)c1ccc(C(=O)O)cn1. The Morgan fingerprint density at radius 3 is 2.50 bits per heavy atom. The maximum absolute atomic E-state index is 12.0. The van der Waals surface area contributed by atoms with Crippen LogP contribution in [0.15, 0.2) is 35.5 Å². The molecule has 0 bridgehead atoms. The molecule has 0 aliphatic carbocycles. The number of nitrogens with zero attached hydrogens (tertiary/aromatic N) is 2. The van der Waals surface area contributed by atoms with Gasteiger partial charge < -0.3 is 5.11 Å². The highest BCUT2D eigenvalue weighted by atomic mass is 32.2. The average Bonchev–Trinajstić information content (AvgIpc) is 2.28. The molecular formula is C11H14N2O4S. The molecule has 7 heteroatoms. The van der Waals surface area contributed by atoms with Gasteiger partial charge in [-0.1, -0.05) is 12.2 Å². The molecule has 98 valence electrons. The van der Waals surface area contributed by atoms with Crippen LogP contribution in [-0.2, 0) is 10.0 Å². The van der Waals surface area contributed by atoms with E-state index >= 15 is 0 Å². The lowest BCUT2D eigenvalue weighted by molar-refractivity contribution is 0.0696. The largest absolute Gasteiger partial charge is 0.478 e. The van der Waals surface area contributed by atoms with Gasteiger partial charge in [0.05, 0.1) is 5.56 Å². The molecule has 1 N–H and O–H groups in total. The predicted octanol–water partition coefficient (Wildman–Crippen LogP) is 0.976. The number of carboxylic acid groups (broad SMARTS) is 1. The Morgan fingerprint density at radius 1 is 1.50 bits per heavy atom. The summed E-state index contributed by atoms with van der Waals surface area (Å²) in [5, 5.41) is 8.51. The molecule has 0 spiro atoms. The van der Waals surface area contributed by atoms with Crippen LogP contribution >= 0.6 is 0 Å².